The van der Waals surface area contributed by atoms with Crippen molar-refractivity contribution in [2.24, 2.45) is 4.99 Å². The number of likely N-dealkylation sites (N-methyl/N-ethyl adjacent to an activating group) is 1. The SMILES string of the molecule is CN1CCN(c2ccc(N=C(c3ccccc3)C3C(=O)Nc4cc(C#CC(=O)NC5CCC5)c(S(=O)N5CCC(F)(F)C5)cc43)cc2)CC1. The number of halogens is 2. The van der Waals surface area contributed by atoms with Crippen LogP contribution in [0.2, 0.25) is 0 Å². The van der Waals surface area contributed by atoms with Crippen LogP contribution < -0.4 is 15.5 Å². The number of hydrogen-bond acceptors (Lipinski definition) is 6. The summed E-state index contributed by atoms with van der Waals surface area (Å²) >= 11 is 0. The average molecular weight is 685 g/mol. The Labute approximate surface area is 287 Å². The van der Waals surface area contributed by atoms with E-state index in [1.54, 1.807) is 12.1 Å². The Morgan fingerprint density at radius 3 is 2.41 bits per heavy atom. The normalized spacial score (nSPS) is 21.7. The van der Waals surface area contributed by atoms with Crippen molar-refractivity contribution >= 4 is 45.6 Å². The lowest BCUT2D eigenvalue weighted by atomic mass is 9.90. The van der Waals surface area contributed by atoms with Gasteiger partial charge in [-0.1, -0.05) is 36.3 Å². The van der Waals surface area contributed by atoms with Crippen molar-refractivity contribution in [3.8, 4) is 11.8 Å². The van der Waals surface area contributed by atoms with Crippen LogP contribution in [0.15, 0.2) is 76.6 Å². The van der Waals surface area contributed by atoms with Gasteiger partial charge in [0, 0.05) is 68.0 Å². The third-order valence-electron chi connectivity index (χ3n) is 9.60. The molecule has 0 radical (unpaired) electrons. The Morgan fingerprint density at radius 1 is 1.02 bits per heavy atom. The van der Waals surface area contributed by atoms with Crippen molar-refractivity contribution in [3.05, 3.63) is 83.4 Å². The summed E-state index contributed by atoms with van der Waals surface area (Å²) in [5, 5.41) is 5.79. The van der Waals surface area contributed by atoms with Gasteiger partial charge in [-0.2, -0.15) is 0 Å². The molecule has 0 aromatic heterocycles. The van der Waals surface area contributed by atoms with Gasteiger partial charge in [-0.15, -0.1) is 0 Å². The molecule has 3 aromatic carbocycles. The van der Waals surface area contributed by atoms with E-state index in [1.807, 2.05) is 54.6 Å². The highest BCUT2D eigenvalue weighted by Gasteiger charge is 2.42. The maximum Gasteiger partial charge on any atom is 0.296 e. The van der Waals surface area contributed by atoms with E-state index in [1.165, 1.54) is 4.31 Å². The predicted molar refractivity (Wildman–Crippen MR) is 187 cm³/mol. The lowest BCUT2D eigenvalue weighted by Gasteiger charge is -2.34. The zero-order chi connectivity index (χ0) is 34.1. The quantitative estimate of drug-likeness (QED) is 0.279. The second kappa shape index (κ2) is 13.8. The molecular weight excluding hydrogens is 647 g/mol. The molecule has 49 heavy (non-hydrogen) atoms. The van der Waals surface area contributed by atoms with Gasteiger partial charge >= 0.3 is 0 Å². The number of amides is 2. The van der Waals surface area contributed by atoms with Gasteiger partial charge in [-0.25, -0.2) is 17.3 Å². The van der Waals surface area contributed by atoms with Crippen LogP contribution in [-0.4, -0.2) is 89.2 Å². The number of carbonyl (C=O) groups excluding carboxylic acids is 2. The molecule has 2 saturated heterocycles. The Kier molecular flexibility index (Phi) is 9.33. The molecule has 3 aliphatic heterocycles. The molecule has 2 atom stereocenters. The molecule has 2 amide bonds. The second-order valence-electron chi connectivity index (χ2n) is 13.1. The molecule has 3 fully saturated rings. The zero-order valence-electron chi connectivity index (χ0n) is 27.3. The van der Waals surface area contributed by atoms with E-state index in [9.17, 15) is 22.6 Å². The van der Waals surface area contributed by atoms with Crippen LogP contribution in [0.25, 0.3) is 0 Å². The molecule has 0 bridgehead atoms. The Hall–Kier alpha value is -4.44. The third-order valence-corrected chi connectivity index (χ3v) is 11.1. The molecule has 0 spiro atoms. The fourth-order valence-electron chi connectivity index (χ4n) is 6.53. The van der Waals surface area contributed by atoms with Gasteiger partial charge in [0.1, 0.15) is 16.9 Å². The summed E-state index contributed by atoms with van der Waals surface area (Å²) < 4.78 is 43.6. The number of rotatable bonds is 7. The lowest BCUT2D eigenvalue weighted by molar-refractivity contribution is -0.117. The lowest BCUT2D eigenvalue weighted by Crippen LogP contribution is -2.44. The number of benzene rings is 3. The minimum Gasteiger partial charge on any atom is -0.369 e. The van der Waals surface area contributed by atoms with E-state index in [0.717, 1.165) is 56.7 Å². The fourth-order valence-corrected chi connectivity index (χ4v) is 7.90. The van der Waals surface area contributed by atoms with E-state index >= 15 is 0 Å². The van der Waals surface area contributed by atoms with Crippen LogP contribution in [0.3, 0.4) is 0 Å². The Balaban J connectivity index is 1.26. The van der Waals surface area contributed by atoms with Gasteiger partial charge in [0.15, 0.2) is 0 Å². The fraction of sp³-hybridized carbons (Fsp3) is 0.378. The van der Waals surface area contributed by atoms with Crippen molar-refractivity contribution in [2.45, 2.75) is 48.5 Å². The first-order valence-corrected chi connectivity index (χ1v) is 17.8. The number of hydrogen-bond donors (Lipinski definition) is 2. The van der Waals surface area contributed by atoms with Gasteiger partial charge in [-0.05, 0) is 73.8 Å². The van der Waals surface area contributed by atoms with Crippen LogP contribution in [0, 0.1) is 11.8 Å². The summed E-state index contributed by atoms with van der Waals surface area (Å²) in [5.41, 5.74) is 4.19. The summed E-state index contributed by atoms with van der Waals surface area (Å²) in [6.07, 6.45) is 2.42. The topological polar surface area (TPSA) is 97.3 Å². The maximum atomic E-state index is 14.2. The van der Waals surface area contributed by atoms with Crippen LogP contribution >= 0.6 is 0 Å². The first-order chi connectivity index (χ1) is 23.6. The van der Waals surface area contributed by atoms with Crippen molar-refractivity contribution in [1.29, 1.82) is 0 Å². The molecule has 3 aromatic rings. The van der Waals surface area contributed by atoms with E-state index in [2.05, 4.69) is 39.3 Å². The molecule has 1 saturated carbocycles. The average Bonchev–Trinajstić information content (AvgIpc) is 3.61. The van der Waals surface area contributed by atoms with Crippen LogP contribution in [0.5, 0.6) is 0 Å². The molecule has 3 heterocycles. The number of aliphatic imine (C=N–C) groups is 1. The molecule has 4 aliphatic rings. The first-order valence-electron chi connectivity index (χ1n) is 16.7. The number of piperazine rings is 1. The number of carbonyl (C=O) groups is 2. The summed E-state index contributed by atoms with van der Waals surface area (Å²) in [6, 6.07) is 20.6. The van der Waals surface area contributed by atoms with Gasteiger partial charge in [0.05, 0.1) is 22.8 Å². The van der Waals surface area contributed by atoms with Crippen molar-refractivity contribution in [3.63, 3.8) is 0 Å². The van der Waals surface area contributed by atoms with Crippen molar-refractivity contribution in [1.82, 2.24) is 14.5 Å². The van der Waals surface area contributed by atoms with Crippen molar-refractivity contribution < 1.29 is 22.6 Å². The number of nitrogens with zero attached hydrogens (tertiary/aromatic N) is 4. The minimum atomic E-state index is -2.96. The monoisotopic (exact) mass is 684 g/mol. The standard InChI is InChI=1S/C37H38F2N6O3S/c1-43-18-20-44(21-19-43)29-13-11-28(12-14-29)41-35(25-6-3-2-4-7-25)34-30-23-32(49(48)45-17-16-37(38,39)24-45)26(22-31(30)42-36(34)47)10-15-33(46)40-27-8-5-9-27/h2-4,6-7,11-14,22-23,27,34H,5,8-9,16-21,24H2,1H3,(H,40,46)(H,42,47). The summed E-state index contributed by atoms with van der Waals surface area (Å²) in [7, 11) is 0.0957. The van der Waals surface area contributed by atoms with E-state index in [-0.39, 0.29) is 29.0 Å². The van der Waals surface area contributed by atoms with Gasteiger partial charge < -0.3 is 20.4 Å². The molecule has 1 aliphatic carbocycles. The van der Waals surface area contributed by atoms with Gasteiger partial charge in [0.2, 0.25) is 5.91 Å². The maximum absolute atomic E-state index is 14.2. The number of fused-ring (bicyclic) bond motifs is 1. The van der Waals surface area contributed by atoms with E-state index < -0.39 is 41.7 Å². The summed E-state index contributed by atoms with van der Waals surface area (Å²) in [4.78, 5) is 36.2. The van der Waals surface area contributed by atoms with Crippen LogP contribution in [-0.2, 0) is 20.6 Å². The van der Waals surface area contributed by atoms with Crippen LogP contribution in [0.1, 0.15) is 48.3 Å². The molecule has 12 heteroatoms. The molecule has 2 unspecified atom stereocenters. The van der Waals surface area contributed by atoms with Gasteiger partial charge in [-0.3, -0.25) is 14.6 Å². The van der Waals surface area contributed by atoms with E-state index in [4.69, 9.17) is 4.99 Å². The smallest absolute Gasteiger partial charge is 0.296 e. The largest absolute Gasteiger partial charge is 0.369 e. The third kappa shape index (κ3) is 7.29. The first kappa shape index (κ1) is 33.1. The molecule has 9 nitrogen and oxygen atoms in total. The van der Waals surface area contributed by atoms with Gasteiger partial charge in [0.25, 0.3) is 11.8 Å². The predicted octanol–water partition coefficient (Wildman–Crippen LogP) is 4.68. The highest BCUT2D eigenvalue weighted by molar-refractivity contribution is 7.82. The summed E-state index contributed by atoms with van der Waals surface area (Å²) in [6.45, 7) is 3.12. The second-order valence-corrected chi connectivity index (χ2v) is 14.6. The highest BCUT2D eigenvalue weighted by Crippen LogP contribution is 2.40. The Bertz CT molecular complexity index is 1860. The zero-order valence-corrected chi connectivity index (χ0v) is 28.1. The number of nitrogens with one attached hydrogen (secondary N) is 2. The molecule has 254 valence electrons. The number of alkyl halides is 2. The van der Waals surface area contributed by atoms with Crippen molar-refractivity contribution in [2.75, 3.05) is 56.5 Å². The minimum absolute atomic E-state index is 0.0623. The molecule has 7 rings (SSSR count). The molecule has 2 N–H and O–H groups in total. The summed E-state index contributed by atoms with van der Waals surface area (Å²) in [5.74, 6) is 0.773. The van der Waals surface area contributed by atoms with E-state index in [0.29, 0.717) is 22.6 Å². The molecular formula is C37H38F2N6O3S. The Morgan fingerprint density at radius 2 is 1.76 bits per heavy atom. The number of anilines is 2. The highest BCUT2D eigenvalue weighted by atomic mass is 32.2. The van der Waals surface area contributed by atoms with Crippen LogP contribution in [0.4, 0.5) is 25.8 Å².